The quantitative estimate of drug-likeness (QED) is 0.516. The molecule has 1 N–H and O–H groups in total. The fourth-order valence-corrected chi connectivity index (χ4v) is 4.18. The van der Waals surface area contributed by atoms with E-state index >= 15 is 0 Å². The third-order valence-electron chi connectivity index (χ3n) is 5.15. The van der Waals surface area contributed by atoms with E-state index in [0.717, 1.165) is 35.4 Å². The summed E-state index contributed by atoms with van der Waals surface area (Å²) in [7, 11) is 0. The van der Waals surface area contributed by atoms with Crippen LogP contribution in [-0.4, -0.2) is 46.7 Å². The first-order chi connectivity index (χ1) is 14.2. The Balaban J connectivity index is 1.28. The van der Waals surface area contributed by atoms with E-state index in [2.05, 4.69) is 9.88 Å². The highest BCUT2D eigenvalue weighted by molar-refractivity contribution is 7.20. The van der Waals surface area contributed by atoms with Crippen molar-refractivity contribution in [2.24, 2.45) is 0 Å². The average molecular weight is 413 g/mol. The molecule has 2 aromatic carbocycles. The Bertz CT molecular complexity index is 920. The van der Waals surface area contributed by atoms with Crippen molar-refractivity contribution in [1.29, 1.82) is 0 Å². The topological polar surface area (TPSA) is 71.9 Å². The number of carbonyl (C=O) groups is 1. The van der Waals surface area contributed by atoms with Crippen LogP contribution in [0.4, 0.5) is 0 Å². The van der Waals surface area contributed by atoms with Crippen molar-refractivity contribution in [2.75, 3.05) is 19.7 Å². The lowest BCUT2D eigenvalue weighted by molar-refractivity contribution is -0.137. The molecule has 0 saturated heterocycles. The summed E-state index contributed by atoms with van der Waals surface area (Å²) in [6.45, 7) is 1.86. The van der Waals surface area contributed by atoms with Crippen molar-refractivity contribution in [1.82, 2.24) is 9.88 Å². The maximum absolute atomic E-state index is 10.9. The summed E-state index contributed by atoms with van der Waals surface area (Å²) in [5.41, 5.74) is 0.936. The maximum atomic E-state index is 10.9. The zero-order valence-corrected chi connectivity index (χ0v) is 16.9. The molecule has 29 heavy (non-hydrogen) atoms. The van der Waals surface area contributed by atoms with Crippen molar-refractivity contribution >= 4 is 27.5 Å². The highest BCUT2D eigenvalue weighted by Gasteiger charge is 2.24. The Hall–Kier alpha value is -2.64. The highest BCUT2D eigenvalue weighted by atomic mass is 32.1. The molecule has 0 atom stereocenters. The van der Waals surface area contributed by atoms with Crippen molar-refractivity contribution in [3.05, 3.63) is 48.5 Å². The van der Waals surface area contributed by atoms with Gasteiger partial charge in [-0.3, -0.25) is 9.69 Å². The predicted molar refractivity (Wildman–Crippen MR) is 113 cm³/mol. The first kappa shape index (κ1) is 19.7. The Morgan fingerprint density at radius 1 is 1.10 bits per heavy atom. The molecule has 0 bridgehead atoms. The van der Waals surface area contributed by atoms with Crippen molar-refractivity contribution in [2.45, 2.75) is 31.7 Å². The van der Waals surface area contributed by atoms with Gasteiger partial charge in [0.05, 0.1) is 16.6 Å². The number of aromatic nitrogens is 1. The largest absolute Gasteiger partial charge is 0.492 e. The lowest BCUT2D eigenvalue weighted by Crippen LogP contribution is -2.43. The molecule has 1 heterocycles. The molecular weight excluding hydrogens is 388 g/mol. The molecular formula is C22H24N2O4S. The molecule has 1 aliphatic rings. The highest BCUT2D eigenvalue weighted by Crippen LogP contribution is 2.31. The Kier molecular flexibility index (Phi) is 6.27. The van der Waals surface area contributed by atoms with Gasteiger partial charge in [0.25, 0.3) is 5.19 Å². The monoisotopic (exact) mass is 412 g/mol. The summed E-state index contributed by atoms with van der Waals surface area (Å²) >= 11 is 1.52. The van der Waals surface area contributed by atoms with Crippen molar-refractivity contribution in [3.63, 3.8) is 0 Å². The van der Waals surface area contributed by atoms with Gasteiger partial charge in [0.1, 0.15) is 18.1 Å². The summed E-state index contributed by atoms with van der Waals surface area (Å²) in [4.78, 5) is 17.6. The van der Waals surface area contributed by atoms with Crippen molar-refractivity contribution < 1.29 is 19.4 Å². The SMILES string of the molecule is O=C(O)CCN(CCOc1ccc(Oc2nc3ccccc3s2)cc1)C1CCC1. The van der Waals surface area contributed by atoms with E-state index in [1.54, 1.807) is 0 Å². The van der Waals surface area contributed by atoms with Gasteiger partial charge in [-0.25, -0.2) is 4.98 Å². The number of ether oxygens (including phenoxy) is 2. The van der Waals surface area contributed by atoms with Crippen LogP contribution in [0.15, 0.2) is 48.5 Å². The first-order valence-corrected chi connectivity index (χ1v) is 10.7. The molecule has 1 aliphatic carbocycles. The van der Waals surface area contributed by atoms with E-state index in [4.69, 9.17) is 14.6 Å². The fourth-order valence-electron chi connectivity index (χ4n) is 3.35. The summed E-state index contributed by atoms with van der Waals surface area (Å²) in [5, 5.41) is 9.56. The van der Waals surface area contributed by atoms with Crippen LogP contribution in [-0.2, 0) is 4.79 Å². The number of carboxylic acids is 1. The van der Waals surface area contributed by atoms with Gasteiger partial charge in [-0.2, -0.15) is 0 Å². The van der Waals surface area contributed by atoms with E-state index in [-0.39, 0.29) is 6.42 Å². The second-order valence-corrected chi connectivity index (χ2v) is 8.13. The molecule has 152 valence electrons. The Morgan fingerprint density at radius 3 is 2.55 bits per heavy atom. The van der Waals surface area contributed by atoms with E-state index in [0.29, 0.717) is 30.1 Å². The molecule has 0 amide bonds. The molecule has 3 aromatic rings. The number of fused-ring (bicyclic) bond motifs is 1. The lowest BCUT2D eigenvalue weighted by Gasteiger charge is -2.37. The van der Waals surface area contributed by atoms with Gasteiger partial charge < -0.3 is 14.6 Å². The molecule has 7 heteroatoms. The van der Waals surface area contributed by atoms with Gasteiger partial charge in [0, 0.05) is 19.1 Å². The van der Waals surface area contributed by atoms with Gasteiger partial charge in [-0.15, -0.1) is 0 Å². The van der Waals surface area contributed by atoms with Crippen LogP contribution >= 0.6 is 11.3 Å². The fraction of sp³-hybridized carbons (Fsp3) is 0.364. The molecule has 0 aliphatic heterocycles. The normalized spacial score (nSPS) is 14.1. The molecule has 0 radical (unpaired) electrons. The summed E-state index contributed by atoms with van der Waals surface area (Å²) in [6.07, 6.45) is 3.70. The standard InChI is InChI=1S/C22H24N2O4S/c25-21(26)12-13-24(16-4-3-5-16)14-15-27-17-8-10-18(11-9-17)28-22-23-19-6-1-2-7-20(19)29-22/h1-2,6-11,16H,3-5,12-15H2,(H,25,26). The number of carboxylic acid groups (broad SMARTS) is 1. The lowest BCUT2D eigenvalue weighted by atomic mass is 9.91. The number of para-hydroxylation sites is 1. The van der Waals surface area contributed by atoms with Crippen LogP contribution in [0, 0.1) is 0 Å². The predicted octanol–water partition coefficient (Wildman–Crippen LogP) is 4.80. The van der Waals surface area contributed by atoms with E-state index in [9.17, 15) is 4.79 Å². The number of hydrogen-bond donors (Lipinski definition) is 1. The molecule has 1 aromatic heterocycles. The molecule has 0 unspecified atom stereocenters. The smallest absolute Gasteiger partial charge is 0.304 e. The molecule has 1 fully saturated rings. The average Bonchev–Trinajstić information content (AvgIpc) is 3.08. The van der Waals surface area contributed by atoms with Crippen molar-refractivity contribution in [3.8, 4) is 16.7 Å². The van der Waals surface area contributed by atoms with Crippen LogP contribution in [0.5, 0.6) is 16.7 Å². The van der Waals surface area contributed by atoms with E-state index in [1.165, 1.54) is 17.8 Å². The summed E-state index contributed by atoms with van der Waals surface area (Å²) in [6, 6.07) is 16.0. The van der Waals surface area contributed by atoms with Crippen LogP contribution in [0.1, 0.15) is 25.7 Å². The van der Waals surface area contributed by atoms with Gasteiger partial charge >= 0.3 is 5.97 Å². The zero-order valence-electron chi connectivity index (χ0n) is 16.1. The van der Waals surface area contributed by atoms with Crippen LogP contribution in [0.3, 0.4) is 0 Å². The number of rotatable bonds is 10. The first-order valence-electron chi connectivity index (χ1n) is 9.89. The zero-order chi connectivity index (χ0) is 20.1. The van der Waals surface area contributed by atoms with Gasteiger partial charge in [-0.1, -0.05) is 29.9 Å². The second-order valence-electron chi connectivity index (χ2n) is 7.13. The minimum atomic E-state index is -0.751. The second kappa shape index (κ2) is 9.24. The Morgan fingerprint density at radius 2 is 1.86 bits per heavy atom. The van der Waals surface area contributed by atoms with Crippen LogP contribution in [0.2, 0.25) is 0 Å². The van der Waals surface area contributed by atoms with Crippen LogP contribution < -0.4 is 9.47 Å². The minimum absolute atomic E-state index is 0.175. The minimum Gasteiger partial charge on any atom is -0.492 e. The molecule has 4 rings (SSSR count). The van der Waals surface area contributed by atoms with Gasteiger partial charge in [0.15, 0.2) is 0 Å². The molecule has 0 spiro atoms. The third-order valence-corrected chi connectivity index (χ3v) is 6.07. The van der Waals surface area contributed by atoms with Gasteiger partial charge in [0.2, 0.25) is 0 Å². The Labute approximate surface area is 173 Å². The number of hydrogen-bond acceptors (Lipinski definition) is 6. The maximum Gasteiger partial charge on any atom is 0.304 e. The van der Waals surface area contributed by atoms with Crippen LogP contribution in [0.25, 0.3) is 10.2 Å². The number of aliphatic carboxylic acids is 1. The molecule has 1 saturated carbocycles. The van der Waals surface area contributed by atoms with Gasteiger partial charge in [-0.05, 0) is 49.2 Å². The summed E-state index contributed by atoms with van der Waals surface area (Å²) in [5.74, 6) is 0.737. The van der Waals surface area contributed by atoms with E-state index in [1.807, 2.05) is 48.5 Å². The number of nitrogens with zero attached hydrogens (tertiary/aromatic N) is 2. The van der Waals surface area contributed by atoms with E-state index < -0.39 is 5.97 Å². The summed E-state index contributed by atoms with van der Waals surface area (Å²) < 4.78 is 12.8. The third kappa shape index (κ3) is 5.25. The molecule has 6 nitrogen and oxygen atoms in total. The number of benzene rings is 2. The number of thiazole rings is 1.